The van der Waals surface area contributed by atoms with Crippen molar-refractivity contribution in [3.05, 3.63) is 18.0 Å². The van der Waals surface area contributed by atoms with E-state index in [2.05, 4.69) is 4.98 Å². The number of H-pyrrole nitrogens is 1. The quantitative estimate of drug-likeness (QED) is 0.584. The topological polar surface area (TPSA) is 36.0 Å². The molecule has 2 N–H and O–H groups in total. The van der Waals surface area contributed by atoms with E-state index in [4.69, 9.17) is 5.11 Å². The van der Waals surface area contributed by atoms with Gasteiger partial charge >= 0.3 is 0 Å². The molecule has 0 aliphatic heterocycles. The van der Waals surface area contributed by atoms with Crippen LogP contribution in [0.2, 0.25) is 0 Å². The van der Waals surface area contributed by atoms with Crippen molar-refractivity contribution in [3.8, 4) is 5.75 Å². The zero-order valence-electron chi connectivity index (χ0n) is 5.09. The van der Waals surface area contributed by atoms with Crippen molar-refractivity contribution >= 4 is 0 Å². The highest BCUT2D eigenvalue weighted by atomic mass is 16.3. The molecular formula is C7H9NO. The maximum Gasteiger partial charge on any atom is 0.136 e. The minimum absolute atomic E-state index is 0.428. The van der Waals surface area contributed by atoms with Crippen molar-refractivity contribution in [3.63, 3.8) is 0 Å². The molecule has 1 aliphatic carbocycles. The summed E-state index contributed by atoms with van der Waals surface area (Å²) < 4.78 is 0. The van der Waals surface area contributed by atoms with Crippen LogP contribution in [-0.2, 0) is 0 Å². The first-order valence-corrected chi connectivity index (χ1v) is 3.23. The number of aromatic amines is 1. The Balaban J connectivity index is 2.35. The third-order valence-electron chi connectivity index (χ3n) is 1.77. The summed E-state index contributed by atoms with van der Waals surface area (Å²) in [5.41, 5.74) is 1.09. The van der Waals surface area contributed by atoms with Crippen LogP contribution in [0.3, 0.4) is 0 Å². The van der Waals surface area contributed by atoms with Crippen LogP contribution in [0.5, 0.6) is 5.75 Å². The number of aromatic nitrogens is 1. The average molecular weight is 123 g/mol. The first kappa shape index (κ1) is 4.91. The van der Waals surface area contributed by atoms with Gasteiger partial charge in [0.2, 0.25) is 0 Å². The second-order valence-corrected chi connectivity index (χ2v) is 2.57. The second-order valence-electron chi connectivity index (χ2n) is 2.57. The molecule has 0 amide bonds. The van der Waals surface area contributed by atoms with E-state index in [9.17, 15) is 0 Å². The smallest absolute Gasteiger partial charge is 0.136 e. The van der Waals surface area contributed by atoms with Gasteiger partial charge in [0.25, 0.3) is 0 Å². The normalized spacial score (nSPS) is 18.2. The van der Waals surface area contributed by atoms with Gasteiger partial charge < -0.3 is 10.1 Å². The standard InChI is InChI=1S/C7H9NO/c9-7-4-8-3-6(7)5-1-2-5/h3-5,8-9H,1-2H2. The van der Waals surface area contributed by atoms with E-state index in [0.717, 1.165) is 5.56 Å². The summed E-state index contributed by atoms with van der Waals surface area (Å²) in [4.78, 5) is 2.87. The molecule has 0 spiro atoms. The molecule has 1 fully saturated rings. The van der Waals surface area contributed by atoms with Gasteiger partial charge in [-0.25, -0.2) is 0 Å². The molecule has 9 heavy (non-hydrogen) atoms. The Bertz CT molecular complexity index is 212. The Kier molecular flexibility index (Phi) is 0.835. The maximum absolute atomic E-state index is 9.13. The predicted octanol–water partition coefficient (Wildman–Crippen LogP) is 1.60. The molecule has 2 heteroatoms. The van der Waals surface area contributed by atoms with Gasteiger partial charge in [0, 0.05) is 18.0 Å². The average Bonchev–Trinajstić information content (AvgIpc) is 2.58. The Morgan fingerprint density at radius 2 is 2.22 bits per heavy atom. The number of aromatic hydroxyl groups is 1. The van der Waals surface area contributed by atoms with Crippen molar-refractivity contribution in [1.82, 2.24) is 4.98 Å². The summed E-state index contributed by atoms with van der Waals surface area (Å²) in [5, 5.41) is 9.13. The summed E-state index contributed by atoms with van der Waals surface area (Å²) >= 11 is 0. The Hall–Kier alpha value is -0.920. The van der Waals surface area contributed by atoms with Gasteiger partial charge in [0.15, 0.2) is 0 Å². The first-order valence-electron chi connectivity index (χ1n) is 3.23. The summed E-state index contributed by atoms with van der Waals surface area (Å²) in [7, 11) is 0. The molecule has 2 nitrogen and oxygen atoms in total. The van der Waals surface area contributed by atoms with E-state index in [0.29, 0.717) is 11.7 Å². The Labute approximate surface area is 53.5 Å². The third-order valence-corrected chi connectivity index (χ3v) is 1.77. The van der Waals surface area contributed by atoms with Crippen LogP contribution in [0.25, 0.3) is 0 Å². The van der Waals surface area contributed by atoms with Gasteiger partial charge in [-0.1, -0.05) is 0 Å². The monoisotopic (exact) mass is 123 g/mol. The summed E-state index contributed by atoms with van der Waals surface area (Å²) in [6.07, 6.45) is 6.00. The number of nitrogens with one attached hydrogen (secondary N) is 1. The highest BCUT2D eigenvalue weighted by molar-refractivity contribution is 5.34. The van der Waals surface area contributed by atoms with Gasteiger partial charge in [-0.3, -0.25) is 0 Å². The Morgan fingerprint density at radius 1 is 1.44 bits per heavy atom. The van der Waals surface area contributed by atoms with Crippen molar-refractivity contribution in [1.29, 1.82) is 0 Å². The van der Waals surface area contributed by atoms with Gasteiger partial charge in [-0.05, 0) is 18.8 Å². The van der Waals surface area contributed by atoms with Crippen LogP contribution < -0.4 is 0 Å². The third kappa shape index (κ3) is 0.707. The summed E-state index contributed by atoms with van der Waals surface area (Å²) in [5.74, 6) is 1.08. The predicted molar refractivity (Wildman–Crippen MR) is 34.4 cm³/mol. The van der Waals surface area contributed by atoms with Crippen molar-refractivity contribution in [2.75, 3.05) is 0 Å². The van der Waals surface area contributed by atoms with Crippen LogP contribution in [0.15, 0.2) is 12.4 Å². The van der Waals surface area contributed by atoms with Crippen molar-refractivity contribution in [2.45, 2.75) is 18.8 Å². The second kappa shape index (κ2) is 1.53. The largest absolute Gasteiger partial charge is 0.506 e. The van der Waals surface area contributed by atoms with Gasteiger partial charge in [-0.15, -0.1) is 0 Å². The molecule has 0 bridgehead atoms. The van der Waals surface area contributed by atoms with Crippen LogP contribution >= 0.6 is 0 Å². The Morgan fingerprint density at radius 3 is 2.67 bits per heavy atom. The van der Waals surface area contributed by atoms with Gasteiger partial charge in [0.1, 0.15) is 5.75 Å². The van der Waals surface area contributed by atoms with E-state index < -0.39 is 0 Å². The first-order chi connectivity index (χ1) is 4.38. The van der Waals surface area contributed by atoms with Crippen molar-refractivity contribution in [2.24, 2.45) is 0 Å². The fraction of sp³-hybridized carbons (Fsp3) is 0.429. The minimum Gasteiger partial charge on any atom is -0.506 e. The lowest BCUT2D eigenvalue weighted by Crippen LogP contribution is -1.70. The molecule has 48 valence electrons. The highest BCUT2D eigenvalue weighted by Gasteiger charge is 2.26. The number of rotatable bonds is 1. The molecule has 0 saturated heterocycles. The van der Waals surface area contributed by atoms with E-state index in [1.165, 1.54) is 12.8 Å². The lowest BCUT2D eigenvalue weighted by Gasteiger charge is -1.89. The van der Waals surface area contributed by atoms with Crippen LogP contribution in [0, 0.1) is 0 Å². The summed E-state index contributed by atoms with van der Waals surface area (Å²) in [6.45, 7) is 0. The molecule has 1 saturated carbocycles. The molecule has 0 radical (unpaired) electrons. The molecule has 1 aromatic heterocycles. The van der Waals surface area contributed by atoms with Crippen molar-refractivity contribution < 1.29 is 5.11 Å². The maximum atomic E-state index is 9.13. The zero-order valence-corrected chi connectivity index (χ0v) is 5.09. The van der Waals surface area contributed by atoms with Gasteiger partial charge in [0.05, 0.1) is 0 Å². The van der Waals surface area contributed by atoms with Crippen LogP contribution in [0.4, 0.5) is 0 Å². The van der Waals surface area contributed by atoms with Gasteiger partial charge in [-0.2, -0.15) is 0 Å². The molecule has 0 unspecified atom stereocenters. The fourth-order valence-corrected chi connectivity index (χ4v) is 1.09. The molecule has 1 aliphatic rings. The SMILES string of the molecule is Oc1c[nH]cc1C1CC1. The van der Waals surface area contributed by atoms with E-state index in [-0.39, 0.29) is 0 Å². The fourth-order valence-electron chi connectivity index (χ4n) is 1.09. The summed E-state index contributed by atoms with van der Waals surface area (Å²) in [6, 6.07) is 0. The van der Waals surface area contributed by atoms with E-state index in [1.807, 2.05) is 6.20 Å². The van der Waals surface area contributed by atoms with Crippen LogP contribution in [-0.4, -0.2) is 10.1 Å². The minimum atomic E-state index is 0.428. The van der Waals surface area contributed by atoms with Crippen LogP contribution in [0.1, 0.15) is 24.3 Å². The number of hydrogen-bond acceptors (Lipinski definition) is 1. The lowest BCUT2D eigenvalue weighted by molar-refractivity contribution is 0.470. The molecule has 2 rings (SSSR count). The lowest BCUT2D eigenvalue weighted by atomic mass is 10.2. The van der Waals surface area contributed by atoms with E-state index in [1.54, 1.807) is 6.20 Å². The molecule has 0 aromatic carbocycles. The zero-order chi connectivity index (χ0) is 6.27. The molecule has 0 atom stereocenters. The molecule has 1 aromatic rings. The highest BCUT2D eigenvalue weighted by Crippen LogP contribution is 2.43. The van der Waals surface area contributed by atoms with E-state index >= 15 is 0 Å². The molecule has 1 heterocycles. The number of hydrogen-bond donors (Lipinski definition) is 2. The molecular weight excluding hydrogens is 114 g/mol.